The molecule has 0 aromatic rings. The first-order chi connectivity index (χ1) is 30.0. The standard InChI is InChI=1S/C55H90O6/c1-4-7-10-13-16-18-20-22-23-24-25-26-27-28-29-30-31-33-34-36-39-42-45-48-54(57)60-51-52(50-59-53(56)47-44-41-38-15-12-9-6-3)61-55(58)49-46-43-40-37-35-32-21-19-17-14-11-8-5-2/h7,10-11,14,16,18-19,21-23,25-26,28-29,31,33,52H,4-6,8-9,12-13,15,17,20,24,27,30,32,34-51H2,1-3H3/b10-7-,14-11-,18-16-,21-19-,23-22-,26-25-,29-28-,33-31-. The van der Waals surface area contributed by atoms with E-state index in [4.69, 9.17) is 14.2 Å². The molecule has 6 heteroatoms. The minimum atomic E-state index is -0.792. The molecule has 0 heterocycles. The molecule has 0 saturated carbocycles. The van der Waals surface area contributed by atoms with Crippen LogP contribution in [0.15, 0.2) is 97.2 Å². The van der Waals surface area contributed by atoms with E-state index in [0.717, 1.165) is 141 Å². The highest BCUT2D eigenvalue weighted by atomic mass is 16.6. The van der Waals surface area contributed by atoms with Crippen LogP contribution < -0.4 is 0 Å². The normalized spacial score (nSPS) is 12.9. The number of hydrogen-bond donors (Lipinski definition) is 0. The minimum Gasteiger partial charge on any atom is -0.462 e. The predicted octanol–water partition coefficient (Wildman–Crippen LogP) is 16.2. The Morgan fingerprint density at radius 3 is 1.07 bits per heavy atom. The van der Waals surface area contributed by atoms with Crippen LogP contribution in [0.1, 0.15) is 213 Å². The number of ether oxygens (including phenoxy) is 3. The third-order valence-corrected chi connectivity index (χ3v) is 10.1. The van der Waals surface area contributed by atoms with Crippen LogP contribution in [0.25, 0.3) is 0 Å². The van der Waals surface area contributed by atoms with E-state index in [0.29, 0.717) is 19.3 Å². The Morgan fingerprint density at radius 1 is 0.344 bits per heavy atom. The van der Waals surface area contributed by atoms with Crippen molar-refractivity contribution < 1.29 is 28.6 Å². The van der Waals surface area contributed by atoms with Crippen LogP contribution in [0.4, 0.5) is 0 Å². The number of esters is 3. The second-order valence-corrected chi connectivity index (χ2v) is 16.0. The summed E-state index contributed by atoms with van der Waals surface area (Å²) in [5, 5.41) is 0. The molecule has 0 saturated heterocycles. The van der Waals surface area contributed by atoms with Gasteiger partial charge in [-0.25, -0.2) is 0 Å². The van der Waals surface area contributed by atoms with Crippen molar-refractivity contribution in [2.45, 2.75) is 219 Å². The second kappa shape index (κ2) is 49.0. The van der Waals surface area contributed by atoms with Crippen LogP contribution in [0.5, 0.6) is 0 Å². The zero-order valence-electron chi connectivity index (χ0n) is 39.4. The van der Waals surface area contributed by atoms with Crippen LogP contribution in [0, 0.1) is 0 Å². The SMILES string of the molecule is CC/C=C\C/C=C\C/C=C\C/C=C\C/C=C\C/C=C\CCCCCCC(=O)OCC(COC(=O)CCCCCCCCC)OC(=O)CCCCCCC/C=C\C/C=C\CCC. The molecule has 0 N–H and O–H groups in total. The van der Waals surface area contributed by atoms with Gasteiger partial charge in [-0.3, -0.25) is 14.4 Å². The van der Waals surface area contributed by atoms with Gasteiger partial charge >= 0.3 is 17.9 Å². The summed E-state index contributed by atoms with van der Waals surface area (Å²) in [5.74, 6) is -0.946. The summed E-state index contributed by atoms with van der Waals surface area (Å²) < 4.78 is 16.7. The molecule has 0 spiro atoms. The zero-order chi connectivity index (χ0) is 44.4. The number of carbonyl (C=O) groups excluding carboxylic acids is 3. The van der Waals surface area contributed by atoms with E-state index in [1.165, 1.54) is 32.1 Å². The molecule has 0 bridgehead atoms. The smallest absolute Gasteiger partial charge is 0.306 e. The fraction of sp³-hybridized carbons (Fsp3) is 0.655. The van der Waals surface area contributed by atoms with Gasteiger partial charge in [-0.05, 0) is 96.3 Å². The van der Waals surface area contributed by atoms with Crippen molar-refractivity contribution in [3.63, 3.8) is 0 Å². The third-order valence-electron chi connectivity index (χ3n) is 10.1. The van der Waals surface area contributed by atoms with Gasteiger partial charge in [0.05, 0.1) is 0 Å². The molecule has 0 aliphatic heterocycles. The molecule has 0 aromatic heterocycles. The lowest BCUT2D eigenvalue weighted by Gasteiger charge is -2.18. The molecule has 0 rings (SSSR count). The first kappa shape index (κ1) is 57.3. The van der Waals surface area contributed by atoms with Gasteiger partial charge < -0.3 is 14.2 Å². The van der Waals surface area contributed by atoms with Gasteiger partial charge in [0.25, 0.3) is 0 Å². The lowest BCUT2D eigenvalue weighted by Crippen LogP contribution is -2.30. The third kappa shape index (κ3) is 47.2. The fourth-order valence-corrected chi connectivity index (χ4v) is 6.36. The molecule has 0 radical (unpaired) electrons. The van der Waals surface area contributed by atoms with E-state index < -0.39 is 6.10 Å². The summed E-state index contributed by atoms with van der Waals surface area (Å²) >= 11 is 0. The molecule has 0 amide bonds. The molecule has 1 unspecified atom stereocenters. The van der Waals surface area contributed by atoms with Crippen molar-refractivity contribution in [1.29, 1.82) is 0 Å². The predicted molar refractivity (Wildman–Crippen MR) is 260 cm³/mol. The average molecular weight is 847 g/mol. The zero-order valence-corrected chi connectivity index (χ0v) is 39.4. The van der Waals surface area contributed by atoms with Gasteiger partial charge in [-0.2, -0.15) is 0 Å². The fourth-order valence-electron chi connectivity index (χ4n) is 6.36. The van der Waals surface area contributed by atoms with Crippen molar-refractivity contribution in [3.05, 3.63) is 97.2 Å². The summed E-state index contributed by atoms with van der Waals surface area (Å²) in [5.41, 5.74) is 0. The minimum absolute atomic E-state index is 0.0924. The highest BCUT2D eigenvalue weighted by Gasteiger charge is 2.19. The van der Waals surface area contributed by atoms with E-state index >= 15 is 0 Å². The lowest BCUT2D eigenvalue weighted by molar-refractivity contribution is -0.167. The van der Waals surface area contributed by atoms with Crippen molar-refractivity contribution in [1.82, 2.24) is 0 Å². The highest BCUT2D eigenvalue weighted by molar-refractivity contribution is 5.71. The van der Waals surface area contributed by atoms with Crippen molar-refractivity contribution >= 4 is 17.9 Å². The number of hydrogen-bond acceptors (Lipinski definition) is 6. The van der Waals surface area contributed by atoms with Crippen molar-refractivity contribution in [2.24, 2.45) is 0 Å². The molecule has 61 heavy (non-hydrogen) atoms. The first-order valence-electron chi connectivity index (χ1n) is 24.7. The molecule has 1 atom stereocenters. The van der Waals surface area contributed by atoms with E-state index in [2.05, 4.69) is 118 Å². The topological polar surface area (TPSA) is 78.9 Å². The largest absolute Gasteiger partial charge is 0.462 e. The monoisotopic (exact) mass is 847 g/mol. The Morgan fingerprint density at radius 2 is 0.672 bits per heavy atom. The van der Waals surface area contributed by atoms with E-state index in [9.17, 15) is 14.4 Å². The Balaban J connectivity index is 4.32. The Bertz CT molecular complexity index is 1250. The van der Waals surface area contributed by atoms with E-state index in [-0.39, 0.29) is 31.1 Å². The highest BCUT2D eigenvalue weighted by Crippen LogP contribution is 2.13. The summed E-state index contributed by atoms with van der Waals surface area (Å²) in [6, 6.07) is 0. The molecule has 0 aliphatic carbocycles. The van der Waals surface area contributed by atoms with Gasteiger partial charge in [-0.15, -0.1) is 0 Å². The van der Waals surface area contributed by atoms with Gasteiger partial charge in [0.1, 0.15) is 13.2 Å². The Kier molecular flexibility index (Phi) is 46.0. The summed E-state index contributed by atoms with van der Waals surface area (Å²) in [6.07, 6.45) is 64.0. The maximum Gasteiger partial charge on any atom is 0.306 e. The lowest BCUT2D eigenvalue weighted by atomic mass is 10.1. The van der Waals surface area contributed by atoms with Crippen LogP contribution in [0.3, 0.4) is 0 Å². The maximum atomic E-state index is 12.7. The van der Waals surface area contributed by atoms with Crippen LogP contribution in [-0.2, 0) is 28.6 Å². The summed E-state index contributed by atoms with van der Waals surface area (Å²) in [7, 11) is 0. The first-order valence-corrected chi connectivity index (χ1v) is 24.7. The summed E-state index contributed by atoms with van der Waals surface area (Å²) in [6.45, 7) is 6.36. The molecule has 0 aromatic carbocycles. The van der Waals surface area contributed by atoms with Crippen molar-refractivity contribution in [3.8, 4) is 0 Å². The van der Waals surface area contributed by atoms with Crippen molar-refractivity contribution in [2.75, 3.05) is 13.2 Å². The number of carbonyl (C=O) groups is 3. The van der Waals surface area contributed by atoms with Gasteiger partial charge in [0.2, 0.25) is 0 Å². The van der Waals surface area contributed by atoms with Crippen LogP contribution >= 0.6 is 0 Å². The quantitative estimate of drug-likeness (QED) is 0.0263. The maximum absolute atomic E-state index is 12.7. The Labute approximate surface area is 375 Å². The molecule has 346 valence electrons. The molecule has 0 fully saturated rings. The van der Waals surface area contributed by atoms with Gasteiger partial charge in [0, 0.05) is 19.3 Å². The Hall–Kier alpha value is -3.67. The number of unbranched alkanes of at least 4 members (excludes halogenated alkanes) is 16. The molecule has 6 nitrogen and oxygen atoms in total. The number of rotatable bonds is 43. The molecular weight excluding hydrogens is 757 g/mol. The van der Waals surface area contributed by atoms with E-state index in [1.54, 1.807) is 0 Å². The van der Waals surface area contributed by atoms with E-state index in [1.807, 2.05) is 0 Å². The van der Waals surface area contributed by atoms with Crippen LogP contribution in [-0.4, -0.2) is 37.2 Å². The average Bonchev–Trinajstić information content (AvgIpc) is 3.26. The number of allylic oxidation sites excluding steroid dienone is 16. The molecular formula is C55H90O6. The van der Waals surface area contributed by atoms with Crippen LogP contribution in [0.2, 0.25) is 0 Å². The summed E-state index contributed by atoms with van der Waals surface area (Å²) in [4.78, 5) is 37.7. The van der Waals surface area contributed by atoms with Gasteiger partial charge in [-0.1, -0.05) is 195 Å². The second-order valence-electron chi connectivity index (χ2n) is 16.0. The molecule has 0 aliphatic rings. The van der Waals surface area contributed by atoms with Gasteiger partial charge in [0.15, 0.2) is 6.10 Å².